The van der Waals surface area contributed by atoms with Crippen molar-refractivity contribution in [1.29, 1.82) is 0 Å². The number of benzene rings is 3. The number of phenolic OH excluding ortho intramolecular Hbond substituents is 1. The number of fused-ring (bicyclic) bond motifs is 6. The maximum Gasteiger partial charge on any atom is 0.324 e. The van der Waals surface area contributed by atoms with Crippen LogP contribution in [0.25, 0.3) is 33.3 Å². The summed E-state index contributed by atoms with van der Waals surface area (Å²) in [5.41, 5.74) is 9.63. The number of esters is 1. The van der Waals surface area contributed by atoms with Gasteiger partial charge < -0.3 is 34.3 Å². The van der Waals surface area contributed by atoms with Crippen LogP contribution >= 0.6 is 0 Å². The van der Waals surface area contributed by atoms with Gasteiger partial charge >= 0.3 is 5.97 Å². The summed E-state index contributed by atoms with van der Waals surface area (Å²) in [4.78, 5) is 74.0. The lowest BCUT2D eigenvalue weighted by molar-refractivity contribution is -0.156. The van der Waals surface area contributed by atoms with Gasteiger partial charge in [0.05, 0.1) is 24.3 Å². The number of hydrogen-bond acceptors (Lipinski definition) is 9. The van der Waals surface area contributed by atoms with Gasteiger partial charge in [0.25, 0.3) is 5.91 Å². The molecule has 362 valence electrons. The Bertz CT molecular complexity index is 2600. The van der Waals surface area contributed by atoms with Gasteiger partial charge in [-0.25, -0.2) is 5.43 Å². The molecule has 0 saturated carbocycles. The highest BCUT2D eigenvalue weighted by Crippen LogP contribution is 2.43. The van der Waals surface area contributed by atoms with E-state index >= 15 is 0 Å². The molecule has 4 aliphatic rings. The lowest BCUT2D eigenvalue weighted by Crippen LogP contribution is -2.63. The number of aromatic nitrogens is 1. The molecule has 6 bridgehead atoms. The average molecular weight is 929 g/mol. The number of carbonyl (C=O) groups is 5. The fourth-order valence-corrected chi connectivity index (χ4v) is 11.2. The number of hydrazine groups is 1. The number of nitrogens with zero attached hydrogens (tertiary/aromatic N) is 4. The topological polar surface area (TPSA) is 163 Å². The largest absolute Gasteiger partial charge is 0.508 e. The predicted molar refractivity (Wildman–Crippen MR) is 261 cm³/mol. The van der Waals surface area contributed by atoms with Crippen LogP contribution in [0.3, 0.4) is 0 Å². The molecule has 0 radical (unpaired) electrons. The Hall–Kier alpha value is -5.99. The number of methoxy groups -OCH3 is 1. The van der Waals surface area contributed by atoms with Crippen molar-refractivity contribution >= 4 is 40.5 Å². The van der Waals surface area contributed by atoms with E-state index in [-0.39, 0.29) is 49.6 Å². The fraction of sp³-hybridized carbons (Fsp3) is 0.500. The van der Waals surface area contributed by atoms with Crippen molar-refractivity contribution in [1.82, 2.24) is 30.1 Å². The first kappa shape index (κ1) is 48.5. The summed E-state index contributed by atoms with van der Waals surface area (Å²) in [5, 5.41) is 16.9. The molecular formula is C54H68N6O8. The molecule has 8 rings (SSSR count). The quantitative estimate of drug-likeness (QED) is 0.118. The number of amides is 4. The third-order valence-electron chi connectivity index (χ3n) is 14.5. The number of piperidine rings is 1. The van der Waals surface area contributed by atoms with E-state index < -0.39 is 46.7 Å². The summed E-state index contributed by atoms with van der Waals surface area (Å²) >= 11 is 0. The Balaban J connectivity index is 1.20. The Kier molecular flexibility index (Phi) is 14.2. The van der Waals surface area contributed by atoms with Crippen LogP contribution in [0.1, 0.15) is 83.4 Å². The molecule has 1 spiro atoms. The molecule has 3 fully saturated rings. The minimum Gasteiger partial charge on any atom is -0.508 e. The first-order valence-corrected chi connectivity index (χ1v) is 24.4. The number of ether oxygens (including phenoxy) is 2. The molecule has 0 aliphatic carbocycles. The summed E-state index contributed by atoms with van der Waals surface area (Å²) < 4.78 is 14.0. The SMILES string of the molecule is C=CC(=O)N1CC[C@]2(CCCN([C@H](C(=O)N[C@H]3Cc4cc(O)cc(c4)-c4ccc5c(c4)c(c(-c4ccccc4CCOC)n5CC)CC(C)(C)COC(=O)[C@@H]4CCCN(N4)C3=O)C(C)C)C2=O)C1. The smallest absolute Gasteiger partial charge is 0.324 e. The second-order valence-corrected chi connectivity index (χ2v) is 20.4. The van der Waals surface area contributed by atoms with Crippen molar-refractivity contribution in [3.8, 4) is 28.1 Å². The maximum absolute atomic E-state index is 14.8. The van der Waals surface area contributed by atoms with Crippen LogP contribution in [0.15, 0.2) is 73.3 Å². The normalized spacial score (nSPS) is 22.6. The van der Waals surface area contributed by atoms with Crippen molar-refractivity contribution < 1.29 is 38.6 Å². The van der Waals surface area contributed by atoms with E-state index in [0.29, 0.717) is 70.3 Å². The van der Waals surface area contributed by atoms with E-state index in [9.17, 15) is 29.1 Å². The second kappa shape index (κ2) is 19.9. The van der Waals surface area contributed by atoms with Gasteiger partial charge in [-0.05, 0) is 116 Å². The Morgan fingerprint density at radius 3 is 2.56 bits per heavy atom. The Morgan fingerprint density at radius 2 is 1.81 bits per heavy atom. The number of likely N-dealkylation sites (tertiary alicyclic amines) is 2. The van der Waals surface area contributed by atoms with Gasteiger partial charge in [0.15, 0.2) is 0 Å². The summed E-state index contributed by atoms with van der Waals surface area (Å²) in [6.07, 6.45) is 5.35. The Labute approximate surface area is 400 Å². The monoisotopic (exact) mass is 929 g/mol. The molecule has 68 heavy (non-hydrogen) atoms. The van der Waals surface area contributed by atoms with Crippen LogP contribution in [0.5, 0.6) is 5.75 Å². The summed E-state index contributed by atoms with van der Waals surface area (Å²) in [7, 11) is 1.71. The number of aromatic hydroxyl groups is 1. The zero-order valence-corrected chi connectivity index (χ0v) is 40.6. The van der Waals surface area contributed by atoms with Crippen LogP contribution in [-0.4, -0.2) is 119 Å². The number of phenols is 1. The van der Waals surface area contributed by atoms with E-state index in [1.165, 1.54) is 16.6 Å². The average Bonchev–Trinajstić information content (AvgIpc) is 3.89. The van der Waals surface area contributed by atoms with Gasteiger partial charge in [-0.1, -0.05) is 70.7 Å². The van der Waals surface area contributed by atoms with E-state index in [2.05, 4.69) is 85.1 Å². The lowest BCUT2D eigenvalue weighted by Gasteiger charge is -2.44. The van der Waals surface area contributed by atoms with Crippen LogP contribution in [0.4, 0.5) is 0 Å². The number of carbonyl (C=O) groups excluding carboxylic acids is 5. The minimum atomic E-state index is -1.15. The molecule has 4 atom stereocenters. The highest BCUT2D eigenvalue weighted by molar-refractivity contribution is 5.97. The number of rotatable bonds is 10. The molecule has 3 N–H and O–H groups in total. The number of hydrogen-bond donors (Lipinski definition) is 3. The summed E-state index contributed by atoms with van der Waals surface area (Å²) in [5.74, 6) is -2.08. The Morgan fingerprint density at radius 1 is 1.01 bits per heavy atom. The van der Waals surface area contributed by atoms with E-state index in [1.807, 2.05) is 19.9 Å². The van der Waals surface area contributed by atoms with Gasteiger partial charge in [-0.15, -0.1) is 0 Å². The zero-order valence-electron chi connectivity index (χ0n) is 40.6. The first-order valence-electron chi connectivity index (χ1n) is 24.4. The van der Waals surface area contributed by atoms with Crippen LogP contribution in [0, 0.1) is 16.7 Å². The predicted octanol–water partition coefficient (Wildman–Crippen LogP) is 6.59. The lowest BCUT2D eigenvalue weighted by atomic mass is 9.77. The van der Waals surface area contributed by atoms with E-state index in [0.717, 1.165) is 45.3 Å². The van der Waals surface area contributed by atoms with Gasteiger partial charge in [0.1, 0.15) is 23.9 Å². The highest BCUT2D eigenvalue weighted by atomic mass is 16.5. The van der Waals surface area contributed by atoms with Crippen LogP contribution in [0.2, 0.25) is 0 Å². The zero-order chi connectivity index (χ0) is 48.5. The molecule has 4 amide bonds. The van der Waals surface area contributed by atoms with E-state index in [1.54, 1.807) is 29.0 Å². The second-order valence-electron chi connectivity index (χ2n) is 20.4. The molecule has 3 aromatic carbocycles. The number of nitrogens with one attached hydrogen (secondary N) is 2. The third-order valence-corrected chi connectivity index (χ3v) is 14.5. The standard InChI is InChI=1S/C54H68N6O8/c1-8-46(62)57-24-21-54(32-57)20-13-22-59(52(54)66)47(34(3)4)49(63)55-44-28-35-26-38(29-39(61)27-35)37-17-18-45-41(30-37)42(48(58(45)9-2)40-15-11-10-14-36(40)19-25-67-7)31-53(5,6)33-68-51(65)43-16-12-23-60(56-43)50(44)64/h8,10-11,14-15,17-18,26-27,29-30,34,43-44,47,56,61H,1,9,12-13,16,19-25,28,31-33H2,2-7H3,(H,55,63)/t43-,44-,47-,54+/m0/s1. The number of cyclic esters (lactones) is 1. The first-order chi connectivity index (χ1) is 32.6. The molecule has 5 heterocycles. The van der Waals surface area contributed by atoms with Gasteiger partial charge in [0.2, 0.25) is 17.7 Å². The summed E-state index contributed by atoms with van der Waals surface area (Å²) in [6, 6.07) is 17.2. The molecule has 14 heteroatoms. The van der Waals surface area contributed by atoms with Gasteiger partial charge in [0, 0.05) is 68.1 Å². The molecule has 14 nitrogen and oxygen atoms in total. The number of aryl methyl sites for hydroxylation is 1. The van der Waals surface area contributed by atoms with Crippen molar-refractivity contribution in [2.24, 2.45) is 16.7 Å². The minimum absolute atomic E-state index is 0.00786. The summed E-state index contributed by atoms with van der Waals surface area (Å²) in [6.45, 7) is 16.5. The molecular weight excluding hydrogens is 861 g/mol. The molecule has 4 aromatic rings. The maximum atomic E-state index is 14.8. The van der Waals surface area contributed by atoms with Crippen molar-refractivity contribution in [3.63, 3.8) is 0 Å². The van der Waals surface area contributed by atoms with Crippen LogP contribution in [-0.2, 0) is 59.3 Å². The molecule has 0 unspecified atom stereocenters. The molecule has 3 saturated heterocycles. The highest BCUT2D eigenvalue weighted by Gasteiger charge is 2.52. The van der Waals surface area contributed by atoms with Gasteiger partial charge in [-0.2, -0.15) is 0 Å². The van der Waals surface area contributed by atoms with Crippen molar-refractivity contribution in [2.45, 2.75) is 111 Å². The van der Waals surface area contributed by atoms with Gasteiger partial charge in [-0.3, -0.25) is 29.0 Å². The van der Waals surface area contributed by atoms with Crippen LogP contribution < -0.4 is 10.7 Å². The van der Waals surface area contributed by atoms with Crippen molar-refractivity contribution in [3.05, 3.63) is 90.0 Å². The molecule has 1 aromatic heterocycles. The third kappa shape index (κ3) is 9.67. The molecule has 4 aliphatic heterocycles. The van der Waals surface area contributed by atoms with Crippen molar-refractivity contribution in [2.75, 3.05) is 46.5 Å². The van der Waals surface area contributed by atoms with E-state index in [4.69, 9.17) is 9.47 Å². The fourth-order valence-electron chi connectivity index (χ4n) is 11.2.